The Morgan fingerprint density at radius 3 is 3.10 bits per heavy atom. The van der Waals surface area contributed by atoms with Crippen LogP contribution in [0.3, 0.4) is 0 Å². The zero-order chi connectivity index (χ0) is 13.9. The predicted octanol–water partition coefficient (Wildman–Crippen LogP) is 2.01. The largest absolute Gasteiger partial charge is 0.335 e. The van der Waals surface area contributed by atoms with Crippen LogP contribution in [-0.2, 0) is 0 Å². The molecule has 0 amide bonds. The van der Waals surface area contributed by atoms with E-state index in [4.69, 9.17) is 4.98 Å². The molecule has 1 fully saturated rings. The van der Waals surface area contributed by atoms with Gasteiger partial charge in [-0.3, -0.25) is 0 Å². The van der Waals surface area contributed by atoms with Crippen molar-refractivity contribution in [3.05, 3.63) is 23.9 Å². The number of aryl methyl sites for hydroxylation is 1. The van der Waals surface area contributed by atoms with E-state index in [9.17, 15) is 0 Å². The van der Waals surface area contributed by atoms with Crippen molar-refractivity contribution in [3.63, 3.8) is 0 Å². The maximum atomic E-state index is 4.76. The molecule has 1 unspecified atom stereocenters. The smallest absolute Gasteiger partial charge is 0.245 e. The molecule has 108 valence electrons. The van der Waals surface area contributed by atoms with Gasteiger partial charge in [-0.15, -0.1) is 5.10 Å². The second-order valence-corrected chi connectivity index (χ2v) is 5.56. The normalized spacial score (nSPS) is 19.4. The van der Waals surface area contributed by atoms with E-state index in [-0.39, 0.29) is 0 Å². The molecule has 1 aliphatic rings. The number of aromatic nitrogens is 3. The summed E-state index contributed by atoms with van der Waals surface area (Å²) in [5, 5.41) is 8.16. The molecule has 1 saturated heterocycles. The predicted molar refractivity (Wildman–Crippen MR) is 81.3 cm³/mol. The first-order valence-corrected chi connectivity index (χ1v) is 7.59. The molecule has 2 aromatic heterocycles. The number of fused-ring (bicyclic) bond motifs is 1. The Kier molecular flexibility index (Phi) is 3.87. The van der Waals surface area contributed by atoms with Crippen LogP contribution in [0.1, 0.15) is 31.7 Å². The number of hydrogen-bond acceptors (Lipinski definition) is 4. The first-order chi connectivity index (χ1) is 9.79. The molecule has 3 rings (SSSR count). The molecule has 0 spiro atoms. The van der Waals surface area contributed by atoms with Crippen molar-refractivity contribution in [1.29, 1.82) is 0 Å². The van der Waals surface area contributed by atoms with E-state index in [1.165, 1.54) is 18.4 Å². The van der Waals surface area contributed by atoms with Crippen LogP contribution in [0.15, 0.2) is 18.3 Å². The molecule has 3 heterocycles. The molecular weight excluding hydrogens is 250 g/mol. The van der Waals surface area contributed by atoms with Gasteiger partial charge in [0.25, 0.3) is 0 Å². The minimum atomic E-state index is 0.515. The standard InChI is InChI=1S/C15H23N5/c1-3-9-19(13-7-4-8-16-11-13)15-17-14-12(2)6-5-10-20(14)18-15/h5-6,10,13,16H,3-4,7-9,11H2,1-2H3. The van der Waals surface area contributed by atoms with Gasteiger partial charge in [0.15, 0.2) is 5.65 Å². The molecule has 0 aromatic carbocycles. The average Bonchev–Trinajstić information content (AvgIpc) is 2.91. The highest BCUT2D eigenvalue weighted by molar-refractivity contribution is 5.51. The van der Waals surface area contributed by atoms with Gasteiger partial charge in [-0.1, -0.05) is 13.0 Å². The first kappa shape index (κ1) is 13.4. The van der Waals surface area contributed by atoms with E-state index >= 15 is 0 Å². The maximum absolute atomic E-state index is 4.76. The summed E-state index contributed by atoms with van der Waals surface area (Å²) >= 11 is 0. The summed E-state index contributed by atoms with van der Waals surface area (Å²) in [4.78, 5) is 7.13. The molecule has 20 heavy (non-hydrogen) atoms. The fourth-order valence-corrected chi connectivity index (χ4v) is 2.94. The third-order valence-electron chi connectivity index (χ3n) is 3.98. The summed E-state index contributed by atoms with van der Waals surface area (Å²) in [6.07, 6.45) is 5.55. The van der Waals surface area contributed by atoms with Gasteiger partial charge >= 0.3 is 0 Å². The van der Waals surface area contributed by atoms with Gasteiger partial charge < -0.3 is 10.2 Å². The maximum Gasteiger partial charge on any atom is 0.245 e. The fourth-order valence-electron chi connectivity index (χ4n) is 2.94. The van der Waals surface area contributed by atoms with Gasteiger partial charge in [0.05, 0.1) is 0 Å². The Morgan fingerprint density at radius 2 is 2.40 bits per heavy atom. The van der Waals surface area contributed by atoms with Crippen LogP contribution in [0.4, 0.5) is 5.95 Å². The second-order valence-electron chi connectivity index (χ2n) is 5.56. The third kappa shape index (κ3) is 2.50. The van der Waals surface area contributed by atoms with E-state index < -0.39 is 0 Å². The van der Waals surface area contributed by atoms with Crippen molar-refractivity contribution >= 4 is 11.6 Å². The molecule has 0 radical (unpaired) electrons. The summed E-state index contributed by atoms with van der Waals surface area (Å²) in [6.45, 7) is 7.48. The summed E-state index contributed by atoms with van der Waals surface area (Å²) in [6, 6.07) is 4.62. The van der Waals surface area contributed by atoms with Gasteiger partial charge in [0, 0.05) is 25.3 Å². The third-order valence-corrected chi connectivity index (χ3v) is 3.98. The molecule has 0 saturated carbocycles. The van der Waals surface area contributed by atoms with E-state index in [1.54, 1.807) is 0 Å². The van der Waals surface area contributed by atoms with Crippen LogP contribution in [-0.4, -0.2) is 40.3 Å². The quantitative estimate of drug-likeness (QED) is 0.925. The molecule has 1 N–H and O–H groups in total. The van der Waals surface area contributed by atoms with Gasteiger partial charge in [-0.2, -0.15) is 4.98 Å². The second kappa shape index (κ2) is 5.79. The topological polar surface area (TPSA) is 45.5 Å². The monoisotopic (exact) mass is 273 g/mol. The SMILES string of the molecule is CCCN(c1nc2c(C)cccn2n1)C1CCCNC1. The van der Waals surface area contributed by atoms with Crippen LogP contribution < -0.4 is 10.2 Å². The number of pyridine rings is 1. The molecule has 0 aliphatic carbocycles. The van der Waals surface area contributed by atoms with Crippen LogP contribution in [0.2, 0.25) is 0 Å². The van der Waals surface area contributed by atoms with Crippen LogP contribution in [0.25, 0.3) is 5.65 Å². The minimum Gasteiger partial charge on any atom is -0.335 e. The van der Waals surface area contributed by atoms with Crippen LogP contribution in [0, 0.1) is 6.92 Å². The van der Waals surface area contributed by atoms with Gasteiger partial charge in [0.2, 0.25) is 5.95 Å². The number of nitrogens with zero attached hydrogens (tertiary/aromatic N) is 4. The van der Waals surface area contributed by atoms with E-state index in [1.807, 2.05) is 16.8 Å². The van der Waals surface area contributed by atoms with Crippen molar-refractivity contribution in [3.8, 4) is 0 Å². The molecule has 1 aliphatic heterocycles. The highest BCUT2D eigenvalue weighted by atomic mass is 15.4. The Morgan fingerprint density at radius 1 is 1.50 bits per heavy atom. The van der Waals surface area contributed by atoms with Crippen molar-refractivity contribution in [2.45, 2.75) is 39.2 Å². The highest BCUT2D eigenvalue weighted by Gasteiger charge is 2.23. The van der Waals surface area contributed by atoms with E-state index in [0.717, 1.165) is 37.7 Å². The van der Waals surface area contributed by atoms with Crippen LogP contribution >= 0.6 is 0 Å². The first-order valence-electron chi connectivity index (χ1n) is 7.59. The average molecular weight is 273 g/mol. The number of anilines is 1. The lowest BCUT2D eigenvalue weighted by atomic mass is 10.1. The zero-order valence-corrected chi connectivity index (χ0v) is 12.3. The number of nitrogens with one attached hydrogen (secondary N) is 1. The molecule has 0 bridgehead atoms. The lowest BCUT2D eigenvalue weighted by Gasteiger charge is -2.33. The Balaban J connectivity index is 1.93. The van der Waals surface area contributed by atoms with Crippen molar-refractivity contribution in [1.82, 2.24) is 19.9 Å². The van der Waals surface area contributed by atoms with Crippen molar-refractivity contribution in [2.24, 2.45) is 0 Å². The summed E-state index contributed by atoms with van der Waals surface area (Å²) in [5.74, 6) is 0.870. The molecular formula is C15H23N5. The Labute approximate surface area is 120 Å². The van der Waals surface area contributed by atoms with Gasteiger partial charge in [-0.05, 0) is 44.4 Å². The highest BCUT2D eigenvalue weighted by Crippen LogP contribution is 2.19. The number of hydrogen-bond donors (Lipinski definition) is 1. The van der Waals surface area contributed by atoms with E-state index in [0.29, 0.717) is 6.04 Å². The lowest BCUT2D eigenvalue weighted by molar-refractivity contribution is 0.426. The van der Waals surface area contributed by atoms with Gasteiger partial charge in [-0.25, -0.2) is 4.52 Å². The lowest BCUT2D eigenvalue weighted by Crippen LogP contribution is -2.47. The number of piperidine rings is 1. The molecule has 5 nitrogen and oxygen atoms in total. The summed E-state index contributed by atoms with van der Waals surface area (Å²) in [5.41, 5.74) is 2.14. The molecule has 5 heteroatoms. The fraction of sp³-hybridized carbons (Fsp3) is 0.600. The Hall–Kier alpha value is -1.62. The Bertz CT molecular complexity index is 571. The van der Waals surface area contributed by atoms with Crippen molar-refractivity contribution in [2.75, 3.05) is 24.5 Å². The summed E-state index contributed by atoms with van der Waals surface area (Å²) in [7, 11) is 0. The zero-order valence-electron chi connectivity index (χ0n) is 12.3. The summed E-state index contributed by atoms with van der Waals surface area (Å²) < 4.78 is 1.89. The van der Waals surface area contributed by atoms with Gasteiger partial charge in [0.1, 0.15) is 0 Å². The van der Waals surface area contributed by atoms with Crippen LogP contribution in [0.5, 0.6) is 0 Å². The molecule has 1 atom stereocenters. The van der Waals surface area contributed by atoms with Crippen molar-refractivity contribution < 1.29 is 0 Å². The molecule has 2 aromatic rings. The number of rotatable bonds is 4. The minimum absolute atomic E-state index is 0.515. The van der Waals surface area contributed by atoms with E-state index in [2.05, 4.69) is 35.2 Å².